The third-order valence-electron chi connectivity index (χ3n) is 8.31. The molecule has 6 nitrogen and oxygen atoms in total. The van der Waals surface area contributed by atoms with Gasteiger partial charge < -0.3 is 15.1 Å². The van der Waals surface area contributed by atoms with Crippen LogP contribution in [0.3, 0.4) is 0 Å². The quantitative estimate of drug-likeness (QED) is 0.475. The number of rotatable bonds is 6. The van der Waals surface area contributed by atoms with Crippen LogP contribution in [0.25, 0.3) is 10.9 Å². The number of amides is 1. The van der Waals surface area contributed by atoms with Gasteiger partial charge in [0.15, 0.2) is 0 Å². The highest BCUT2D eigenvalue weighted by atomic mass is 19.4. The van der Waals surface area contributed by atoms with Crippen molar-refractivity contribution < 1.29 is 18.0 Å². The first-order chi connectivity index (χ1) is 18.2. The zero-order chi connectivity index (χ0) is 26.9. The highest BCUT2D eigenvalue weighted by molar-refractivity contribution is 5.84. The first kappa shape index (κ1) is 26.4. The highest BCUT2D eigenvalue weighted by Crippen LogP contribution is 2.46. The van der Waals surface area contributed by atoms with Gasteiger partial charge in [-0.05, 0) is 61.1 Å². The third kappa shape index (κ3) is 5.34. The molecular weight excluding hydrogens is 491 g/mol. The molecule has 1 saturated carbocycles. The summed E-state index contributed by atoms with van der Waals surface area (Å²) in [7, 11) is 0. The molecule has 3 aromatic rings. The van der Waals surface area contributed by atoms with Crippen LogP contribution in [0, 0.1) is 11.3 Å². The van der Waals surface area contributed by atoms with E-state index in [1.165, 1.54) is 11.8 Å². The maximum atomic E-state index is 13.9. The number of hydrogen-bond donors (Lipinski definition) is 1. The third-order valence-corrected chi connectivity index (χ3v) is 8.31. The Kier molecular flexibility index (Phi) is 7.31. The number of anilines is 1. The first-order valence-electron chi connectivity index (χ1n) is 13.3. The van der Waals surface area contributed by atoms with Gasteiger partial charge in [-0.15, -0.1) is 0 Å². The van der Waals surface area contributed by atoms with E-state index in [2.05, 4.69) is 47.3 Å². The molecule has 1 aliphatic heterocycles. The van der Waals surface area contributed by atoms with Crippen molar-refractivity contribution in [1.82, 2.24) is 20.2 Å². The van der Waals surface area contributed by atoms with E-state index in [-0.39, 0.29) is 17.9 Å². The minimum absolute atomic E-state index is 0.172. The van der Waals surface area contributed by atoms with Gasteiger partial charge in [-0.1, -0.05) is 26.0 Å². The van der Waals surface area contributed by atoms with Gasteiger partial charge in [-0.3, -0.25) is 9.78 Å². The van der Waals surface area contributed by atoms with Gasteiger partial charge in [0.25, 0.3) is 0 Å². The fourth-order valence-corrected chi connectivity index (χ4v) is 5.93. The lowest BCUT2D eigenvalue weighted by atomic mass is 9.74. The van der Waals surface area contributed by atoms with E-state index in [9.17, 15) is 18.0 Å². The lowest BCUT2D eigenvalue weighted by Crippen LogP contribution is -2.54. The van der Waals surface area contributed by atoms with Crippen molar-refractivity contribution in [3.8, 4) is 0 Å². The van der Waals surface area contributed by atoms with Gasteiger partial charge >= 0.3 is 6.18 Å². The summed E-state index contributed by atoms with van der Waals surface area (Å²) in [5.74, 6) is 0.669. The molecule has 38 heavy (non-hydrogen) atoms. The number of carbonyl (C=O) groups is 1. The van der Waals surface area contributed by atoms with Gasteiger partial charge in [0, 0.05) is 56.5 Å². The zero-order valence-electron chi connectivity index (χ0n) is 21.8. The van der Waals surface area contributed by atoms with Gasteiger partial charge in [0.2, 0.25) is 5.91 Å². The summed E-state index contributed by atoms with van der Waals surface area (Å²) >= 11 is 0. The summed E-state index contributed by atoms with van der Waals surface area (Å²) in [6.45, 7) is 6.88. The molecule has 202 valence electrons. The van der Waals surface area contributed by atoms with E-state index >= 15 is 0 Å². The second kappa shape index (κ2) is 10.5. The average Bonchev–Trinajstić information content (AvgIpc) is 3.37. The first-order valence-corrected chi connectivity index (χ1v) is 13.3. The smallest absolute Gasteiger partial charge is 0.353 e. The second-order valence-corrected chi connectivity index (χ2v) is 10.8. The van der Waals surface area contributed by atoms with Crippen LogP contribution in [-0.4, -0.2) is 53.0 Å². The number of fused-ring (bicyclic) bond motifs is 1. The topological polar surface area (TPSA) is 61.4 Å². The molecule has 0 radical (unpaired) electrons. The van der Waals surface area contributed by atoms with Crippen LogP contribution in [0.1, 0.15) is 44.2 Å². The molecule has 2 fully saturated rings. The van der Waals surface area contributed by atoms with E-state index in [1.807, 2.05) is 21.9 Å². The lowest BCUT2D eigenvalue weighted by molar-refractivity contribution is -0.145. The molecular formula is C29H34F3N5O. The van der Waals surface area contributed by atoms with Gasteiger partial charge in [0.1, 0.15) is 5.82 Å². The number of aromatic nitrogens is 2. The molecule has 0 unspecified atom stereocenters. The van der Waals surface area contributed by atoms with Gasteiger partial charge in [0.05, 0.1) is 16.5 Å². The van der Waals surface area contributed by atoms with Crippen molar-refractivity contribution in [3.63, 3.8) is 0 Å². The molecule has 1 saturated heterocycles. The van der Waals surface area contributed by atoms with Gasteiger partial charge in [-0.2, -0.15) is 13.2 Å². The summed E-state index contributed by atoms with van der Waals surface area (Å²) in [6, 6.07) is 12.6. The Hall–Kier alpha value is -3.20. The molecule has 9 heteroatoms. The summed E-state index contributed by atoms with van der Waals surface area (Å²) in [5, 5.41) is 4.79. The largest absolute Gasteiger partial charge is 0.416 e. The normalized spacial score (nSPS) is 22.4. The average molecular weight is 526 g/mol. The zero-order valence-corrected chi connectivity index (χ0v) is 21.8. The summed E-state index contributed by atoms with van der Waals surface area (Å²) < 4.78 is 39.4. The van der Waals surface area contributed by atoms with E-state index in [4.69, 9.17) is 0 Å². The van der Waals surface area contributed by atoms with Crippen LogP contribution in [0.4, 0.5) is 19.0 Å². The predicted octanol–water partition coefficient (Wildman–Crippen LogP) is 5.28. The fraction of sp³-hybridized carbons (Fsp3) is 0.483. The number of pyridine rings is 2. The number of nitrogens with zero attached hydrogens (tertiary/aromatic N) is 4. The van der Waals surface area contributed by atoms with Crippen molar-refractivity contribution in [2.75, 3.05) is 31.1 Å². The molecule has 5 rings (SSSR count). The van der Waals surface area contributed by atoms with E-state index < -0.39 is 17.2 Å². The number of nitrogens with one attached hydrogen (secondary N) is 1. The van der Waals surface area contributed by atoms with Crippen LogP contribution in [0.5, 0.6) is 0 Å². The monoisotopic (exact) mass is 525 g/mol. The van der Waals surface area contributed by atoms with Crippen LogP contribution < -0.4 is 10.2 Å². The molecule has 1 aliphatic carbocycles. The fourth-order valence-electron chi connectivity index (χ4n) is 5.93. The maximum absolute atomic E-state index is 13.9. The molecule has 2 aromatic heterocycles. The molecule has 2 atom stereocenters. The summed E-state index contributed by atoms with van der Waals surface area (Å²) in [6.07, 6.45) is 1.14. The SMILES string of the molecule is CC(C)[C@]1(C(=O)N2CCN(c3cc(C(F)(F)F)ccn3)CC2)CC[C@@H](NCc2ccc3ncccc3c2)C1. The standard InChI is InChI=1S/C29H34F3N5O/c1-20(2)28(9-7-24(18-28)35-19-21-5-6-25-22(16-21)4-3-10-33-25)27(38)37-14-12-36(13-15-37)26-17-23(8-11-34-26)29(30,31)32/h3-6,8,10-11,16-17,20,24,35H,7,9,12-15,18-19H2,1-2H3/t24-,28+/m1/s1. The Morgan fingerprint density at radius 3 is 2.61 bits per heavy atom. The Morgan fingerprint density at radius 2 is 1.87 bits per heavy atom. The van der Waals surface area contributed by atoms with E-state index in [1.54, 1.807) is 6.20 Å². The molecule has 0 spiro atoms. The minimum Gasteiger partial charge on any atom is -0.353 e. The van der Waals surface area contributed by atoms with E-state index in [0.29, 0.717) is 32.0 Å². The van der Waals surface area contributed by atoms with Gasteiger partial charge in [-0.25, -0.2) is 4.98 Å². The number of alkyl halides is 3. The molecule has 1 N–H and O–H groups in total. The van der Waals surface area contributed by atoms with Crippen molar-refractivity contribution in [2.45, 2.75) is 51.9 Å². The van der Waals surface area contributed by atoms with Crippen molar-refractivity contribution in [2.24, 2.45) is 11.3 Å². The molecule has 2 aliphatic rings. The minimum atomic E-state index is -4.41. The summed E-state index contributed by atoms with van der Waals surface area (Å²) in [5.41, 5.74) is 1.04. The van der Waals surface area contributed by atoms with Crippen LogP contribution in [-0.2, 0) is 17.5 Å². The van der Waals surface area contributed by atoms with Crippen LogP contribution >= 0.6 is 0 Å². The van der Waals surface area contributed by atoms with E-state index in [0.717, 1.165) is 48.8 Å². The predicted molar refractivity (Wildman–Crippen MR) is 142 cm³/mol. The van der Waals surface area contributed by atoms with Crippen LogP contribution in [0.2, 0.25) is 0 Å². The number of halogens is 3. The van der Waals surface area contributed by atoms with Crippen LogP contribution in [0.15, 0.2) is 54.9 Å². The second-order valence-electron chi connectivity index (χ2n) is 10.8. The maximum Gasteiger partial charge on any atom is 0.416 e. The highest BCUT2D eigenvalue weighted by Gasteiger charge is 2.49. The van der Waals surface area contributed by atoms with Crippen molar-refractivity contribution >= 4 is 22.6 Å². The Labute approximate surface area is 221 Å². The Morgan fingerprint density at radius 1 is 1.08 bits per heavy atom. The number of piperazine rings is 1. The lowest BCUT2D eigenvalue weighted by Gasteiger charge is -2.42. The Balaban J connectivity index is 1.20. The number of hydrogen-bond acceptors (Lipinski definition) is 5. The van der Waals surface area contributed by atoms with Crippen molar-refractivity contribution in [1.29, 1.82) is 0 Å². The number of carbonyl (C=O) groups excluding carboxylic acids is 1. The molecule has 3 heterocycles. The molecule has 1 aromatic carbocycles. The van der Waals surface area contributed by atoms with Crippen molar-refractivity contribution in [3.05, 3.63) is 66.0 Å². The molecule has 1 amide bonds. The number of benzene rings is 1. The summed E-state index contributed by atoms with van der Waals surface area (Å²) in [4.78, 5) is 26.1. The molecule has 0 bridgehead atoms. The Bertz CT molecular complexity index is 1290.